The van der Waals surface area contributed by atoms with Crippen LogP contribution < -0.4 is 10.1 Å². The monoisotopic (exact) mass is 448 g/mol. The molecule has 3 aromatic rings. The summed E-state index contributed by atoms with van der Waals surface area (Å²) in [6.45, 7) is 1.64. The highest BCUT2D eigenvalue weighted by molar-refractivity contribution is 9.10. The maximum Gasteiger partial charge on any atom is 0.291 e. The summed E-state index contributed by atoms with van der Waals surface area (Å²) in [6, 6.07) is 11.7. The van der Waals surface area contributed by atoms with E-state index in [1.807, 2.05) is 0 Å². The van der Waals surface area contributed by atoms with Crippen molar-refractivity contribution in [3.8, 4) is 5.75 Å². The van der Waals surface area contributed by atoms with Crippen LogP contribution in [0.15, 0.2) is 57.4 Å². The lowest BCUT2D eigenvalue weighted by Gasteiger charge is -2.06. The lowest BCUT2D eigenvalue weighted by atomic mass is 10.2. The average Bonchev–Trinajstić information content (AvgIpc) is 3.11. The molecule has 0 unspecified atom stereocenters. The lowest BCUT2D eigenvalue weighted by Crippen LogP contribution is -2.12. The number of hydrogen-bond donors (Lipinski definition) is 1. The third-order valence-corrected chi connectivity index (χ3v) is 4.30. The maximum absolute atomic E-state index is 13.8. The third kappa shape index (κ3) is 4.55. The van der Waals surface area contributed by atoms with Gasteiger partial charge in [-0.3, -0.25) is 14.9 Å². The summed E-state index contributed by atoms with van der Waals surface area (Å²) in [7, 11) is 0. The Balaban J connectivity index is 1.63. The normalized spacial score (nSPS) is 10.5. The molecule has 0 radical (unpaired) electrons. The molecule has 0 aliphatic rings. The van der Waals surface area contributed by atoms with Crippen molar-refractivity contribution < 1.29 is 23.3 Å². The number of nitrogens with one attached hydrogen (secondary N) is 1. The molecule has 28 heavy (non-hydrogen) atoms. The summed E-state index contributed by atoms with van der Waals surface area (Å²) in [6.07, 6.45) is 0. The first-order valence-electron chi connectivity index (χ1n) is 8.06. The van der Waals surface area contributed by atoms with Gasteiger partial charge in [-0.1, -0.05) is 15.9 Å². The third-order valence-electron chi connectivity index (χ3n) is 3.81. The largest absolute Gasteiger partial charge is 0.486 e. The fourth-order valence-electron chi connectivity index (χ4n) is 2.43. The van der Waals surface area contributed by atoms with E-state index in [0.29, 0.717) is 21.5 Å². The van der Waals surface area contributed by atoms with Crippen LogP contribution in [0.2, 0.25) is 0 Å². The van der Waals surface area contributed by atoms with Crippen LogP contribution in [0.25, 0.3) is 0 Å². The smallest absolute Gasteiger partial charge is 0.291 e. The fourth-order valence-corrected chi connectivity index (χ4v) is 2.76. The zero-order valence-corrected chi connectivity index (χ0v) is 16.2. The minimum Gasteiger partial charge on any atom is -0.486 e. The van der Waals surface area contributed by atoms with Gasteiger partial charge in [-0.2, -0.15) is 0 Å². The molecule has 0 atom stereocenters. The molecule has 1 heterocycles. The van der Waals surface area contributed by atoms with Crippen molar-refractivity contribution in [2.24, 2.45) is 0 Å². The van der Waals surface area contributed by atoms with E-state index >= 15 is 0 Å². The fraction of sp³-hybridized carbons (Fsp3) is 0.105. The quantitative estimate of drug-likeness (QED) is 0.411. The van der Waals surface area contributed by atoms with Gasteiger partial charge in [0.05, 0.1) is 10.6 Å². The second-order valence-corrected chi connectivity index (χ2v) is 6.75. The molecule has 0 bridgehead atoms. The number of nitro benzene ring substituents is 1. The van der Waals surface area contributed by atoms with E-state index in [2.05, 4.69) is 21.2 Å². The molecule has 144 valence electrons. The highest BCUT2D eigenvalue weighted by Gasteiger charge is 2.15. The Bertz CT molecular complexity index is 1050. The van der Waals surface area contributed by atoms with Gasteiger partial charge in [0, 0.05) is 16.1 Å². The van der Waals surface area contributed by atoms with Crippen LogP contribution >= 0.6 is 15.9 Å². The van der Waals surface area contributed by atoms with Crippen LogP contribution in [-0.4, -0.2) is 10.8 Å². The molecular formula is C19H14BrFN2O5. The summed E-state index contributed by atoms with van der Waals surface area (Å²) in [5, 5.41) is 13.3. The van der Waals surface area contributed by atoms with E-state index in [-0.39, 0.29) is 23.7 Å². The van der Waals surface area contributed by atoms with Gasteiger partial charge in [-0.15, -0.1) is 0 Å². The first-order valence-corrected chi connectivity index (χ1v) is 8.86. The van der Waals surface area contributed by atoms with Gasteiger partial charge in [0.15, 0.2) is 5.76 Å². The lowest BCUT2D eigenvalue weighted by molar-refractivity contribution is -0.385. The minimum atomic E-state index is -0.598. The van der Waals surface area contributed by atoms with Crippen LogP contribution in [0, 0.1) is 22.9 Å². The Morgan fingerprint density at radius 1 is 1.25 bits per heavy atom. The molecule has 0 aliphatic heterocycles. The Morgan fingerprint density at radius 2 is 2.04 bits per heavy atom. The summed E-state index contributed by atoms with van der Waals surface area (Å²) in [5.41, 5.74) is 0.506. The molecule has 2 aromatic carbocycles. The first kappa shape index (κ1) is 19.6. The second kappa shape index (κ2) is 8.22. The number of furan rings is 1. The van der Waals surface area contributed by atoms with Crippen LogP contribution in [0.4, 0.5) is 15.8 Å². The summed E-state index contributed by atoms with van der Waals surface area (Å²) in [4.78, 5) is 22.6. The van der Waals surface area contributed by atoms with Crippen molar-refractivity contribution in [1.82, 2.24) is 0 Å². The number of nitro groups is 1. The zero-order valence-electron chi connectivity index (χ0n) is 14.6. The first-order chi connectivity index (χ1) is 13.3. The van der Waals surface area contributed by atoms with Crippen molar-refractivity contribution in [1.29, 1.82) is 0 Å². The van der Waals surface area contributed by atoms with Crippen molar-refractivity contribution >= 4 is 33.2 Å². The predicted octanol–water partition coefficient (Wildman–Crippen LogP) is 5.23. The highest BCUT2D eigenvalue weighted by atomic mass is 79.9. The standard InChI is InChI=1S/C19H14BrFN2O5/c1-11-8-13(3-6-17(11)23(25)26)27-10-14-4-7-18(28-14)19(24)22-16-5-2-12(20)9-15(16)21/h2-9H,10H2,1H3,(H,22,24). The Kier molecular flexibility index (Phi) is 5.74. The van der Waals surface area contributed by atoms with Crippen molar-refractivity contribution in [3.05, 3.63) is 86.0 Å². The molecule has 1 aromatic heterocycles. The second-order valence-electron chi connectivity index (χ2n) is 5.84. The number of carbonyl (C=O) groups excluding carboxylic acids is 1. The highest BCUT2D eigenvalue weighted by Crippen LogP contribution is 2.24. The van der Waals surface area contributed by atoms with Crippen molar-refractivity contribution in [2.75, 3.05) is 5.32 Å². The topological polar surface area (TPSA) is 94.6 Å². The Hall–Kier alpha value is -3.20. The van der Waals surface area contributed by atoms with E-state index in [4.69, 9.17) is 9.15 Å². The van der Waals surface area contributed by atoms with E-state index in [1.165, 1.54) is 30.3 Å². The van der Waals surface area contributed by atoms with Gasteiger partial charge in [0.25, 0.3) is 11.6 Å². The summed E-state index contributed by atoms with van der Waals surface area (Å²) in [5.74, 6) is -0.370. The van der Waals surface area contributed by atoms with Crippen LogP contribution in [0.1, 0.15) is 21.9 Å². The molecule has 1 amide bonds. The summed E-state index contributed by atoms with van der Waals surface area (Å²) < 4.78 is 25.3. The van der Waals surface area contributed by atoms with Crippen LogP contribution in [0.5, 0.6) is 5.75 Å². The van der Waals surface area contributed by atoms with Crippen LogP contribution in [-0.2, 0) is 6.61 Å². The number of amides is 1. The molecule has 0 saturated heterocycles. The Labute approximate surface area is 167 Å². The van der Waals surface area contributed by atoms with E-state index in [0.717, 1.165) is 0 Å². The number of carbonyl (C=O) groups is 1. The number of rotatable bonds is 6. The van der Waals surface area contributed by atoms with Gasteiger partial charge in [-0.25, -0.2) is 4.39 Å². The number of nitrogens with zero attached hydrogens (tertiary/aromatic N) is 1. The number of hydrogen-bond acceptors (Lipinski definition) is 5. The molecule has 9 heteroatoms. The molecule has 0 aliphatic carbocycles. The van der Waals surface area contributed by atoms with E-state index in [9.17, 15) is 19.3 Å². The van der Waals surface area contributed by atoms with Gasteiger partial charge in [0.1, 0.15) is 23.9 Å². The van der Waals surface area contributed by atoms with E-state index in [1.54, 1.807) is 25.1 Å². The Morgan fingerprint density at radius 3 is 2.71 bits per heavy atom. The predicted molar refractivity (Wildman–Crippen MR) is 103 cm³/mol. The molecule has 1 N–H and O–H groups in total. The van der Waals surface area contributed by atoms with Gasteiger partial charge in [0.2, 0.25) is 0 Å². The van der Waals surface area contributed by atoms with Gasteiger partial charge < -0.3 is 14.5 Å². The SMILES string of the molecule is Cc1cc(OCc2ccc(C(=O)Nc3ccc(Br)cc3F)o2)ccc1[N+](=O)[O-]. The number of halogens is 2. The molecular weight excluding hydrogens is 435 g/mol. The molecule has 0 saturated carbocycles. The minimum absolute atomic E-state index is 0.000740. The molecule has 0 spiro atoms. The molecule has 3 rings (SSSR count). The van der Waals surface area contributed by atoms with Gasteiger partial charge in [-0.05, 0) is 49.4 Å². The number of aryl methyl sites for hydroxylation is 1. The van der Waals surface area contributed by atoms with Gasteiger partial charge >= 0.3 is 0 Å². The number of ether oxygens (including phenoxy) is 1. The van der Waals surface area contributed by atoms with Crippen molar-refractivity contribution in [2.45, 2.75) is 13.5 Å². The average molecular weight is 449 g/mol. The number of benzene rings is 2. The maximum atomic E-state index is 13.8. The molecule has 7 nitrogen and oxygen atoms in total. The van der Waals surface area contributed by atoms with E-state index < -0.39 is 16.6 Å². The summed E-state index contributed by atoms with van der Waals surface area (Å²) >= 11 is 3.14. The molecule has 0 fully saturated rings. The van der Waals surface area contributed by atoms with Crippen molar-refractivity contribution in [3.63, 3.8) is 0 Å². The number of anilines is 1. The van der Waals surface area contributed by atoms with Crippen LogP contribution in [0.3, 0.4) is 0 Å². The zero-order chi connectivity index (χ0) is 20.3.